The highest BCUT2D eigenvalue weighted by Crippen LogP contribution is 2.47. The summed E-state index contributed by atoms with van der Waals surface area (Å²) in [5, 5.41) is 12.1. The van der Waals surface area contributed by atoms with Gasteiger partial charge < -0.3 is 14.8 Å². The molecule has 0 saturated heterocycles. The van der Waals surface area contributed by atoms with Gasteiger partial charge in [0.25, 0.3) is 0 Å². The van der Waals surface area contributed by atoms with Gasteiger partial charge in [0, 0.05) is 0 Å². The van der Waals surface area contributed by atoms with Crippen LogP contribution in [-0.4, -0.2) is 33.0 Å². The summed E-state index contributed by atoms with van der Waals surface area (Å²) in [6, 6.07) is 0. The predicted octanol–water partition coefficient (Wildman–Crippen LogP) is 1.67. The van der Waals surface area contributed by atoms with E-state index in [-0.39, 0.29) is 24.5 Å². The van der Waals surface area contributed by atoms with Gasteiger partial charge in [0.1, 0.15) is 0 Å². The molecule has 2 aromatic heterocycles. The number of nitrogens with zero attached hydrogens (tertiary/aromatic N) is 4. The molecule has 0 aromatic carbocycles. The van der Waals surface area contributed by atoms with E-state index in [1.165, 1.54) is 4.52 Å². The Morgan fingerprint density at radius 3 is 2.45 bits per heavy atom. The Kier molecular flexibility index (Phi) is 4.43. The van der Waals surface area contributed by atoms with E-state index in [1.54, 1.807) is 20.8 Å². The van der Waals surface area contributed by atoms with E-state index in [1.807, 2.05) is 0 Å². The Morgan fingerprint density at radius 1 is 1.30 bits per heavy atom. The van der Waals surface area contributed by atoms with Gasteiger partial charge in [0.2, 0.25) is 5.44 Å². The lowest BCUT2D eigenvalue weighted by Gasteiger charge is -2.16. The molecule has 0 aliphatic heterocycles. The van der Waals surface area contributed by atoms with Crippen molar-refractivity contribution < 1.29 is 13.6 Å². The average molecular weight is 364 g/mol. The first-order valence-electron chi connectivity index (χ1n) is 6.01. The maximum Gasteiger partial charge on any atom is 0.385 e. The van der Waals surface area contributed by atoms with Crippen LogP contribution in [0.2, 0.25) is 0 Å². The molecule has 2 N–H and O–H groups in total. The molecule has 0 bridgehead atoms. The van der Waals surface area contributed by atoms with Gasteiger partial charge >= 0.3 is 7.60 Å². The highest BCUT2D eigenvalue weighted by atomic mass is 79.9. The second-order valence-corrected chi connectivity index (χ2v) is 6.60. The van der Waals surface area contributed by atoms with Crippen LogP contribution in [0.4, 0.5) is 5.82 Å². The van der Waals surface area contributed by atoms with Gasteiger partial charge in [-0.1, -0.05) is 0 Å². The zero-order valence-electron chi connectivity index (χ0n) is 11.3. The Labute approximate surface area is 124 Å². The van der Waals surface area contributed by atoms with Crippen LogP contribution in [0.15, 0.2) is 4.47 Å². The van der Waals surface area contributed by atoms with E-state index in [9.17, 15) is 4.57 Å². The molecule has 8 nitrogen and oxygen atoms in total. The van der Waals surface area contributed by atoms with Crippen molar-refractivity contribution in [2.75, 3.05) is 18.9 Å². The lowest BCUT2D eigenvalue weighted by molar-refractivity contribution is 0.229. The minimum atomic E-state index is -3.59. The number of halogens is 1. The molecular formula is C10H15BrN5O3P. The topological polar surface area (TPSA) is 105 Å². The molecule has 2 rings (SSSR count). The van der Waals surface area contributed by atoms with Crippen LogP contribution in [0.25, 0.3) is 5.65 Å². The number of nitrogen functional groups attached to an aromatic ring is 1. The number of hydrogen-bond acceptors (Lipinski definition) is 7. The summed E-state index contributed by atoms with van der Waals surface area (Å²) in [7, 11) is -3.59. The molecule has 0 spiro atoms. The van der Waals surface area contributed by atoms with Crippen LogP contribution in [0.5, 0.6) is 0 Å². The first kappa shape index (κ1) is 15.4. The van der Waals surface area contributed by atoms with Crippen molar-refractivity contribution in [2.24, 2.45) is 0 Å². The molecule has 0 amide bonds. The molecule has 10 heteroatoms. The largest absolute Gasteiger partial charge is 0.385 e. The second kappa shape index (κ2) is 5.77. The van der Waals surface area contributed by atoms with Crippen LogP contribution >= 0.6 is 23.5 Å². The van der Waals surface area contributed by atoms with Gasteiger partial charge in [-0.15, -0.1) is 10.2 Å². The SMILES string of the molecule is CCOP(=O)(OCC)c1nnc2c(Br)c(C)nn2c1N. The van der Waals surface area contributed by atoms with E-state index < -0.39 is 7.60 Å². The number of hydrogen-bond donors (Lipinski definition) is 1. The molecule has 20 heavy (non-hydrogen) atoms. The first-order chi connectivity index (χ1) is 9.44. The average Bonchev–Trinajstić information content (AvgIpc) is 2.68. The predicted molar refractivity (Wildman–Crippen MR) is 78.1 cm³/mol. The summed E-state index contributed by atoms with van der Waals surface area (Å²) in [6.07, 6.45) is 0. The Hall–Kier alpha value is -1.02. The molecule has 0 atom stereocenters. The minimum Gasteiger partial charge on any atom is -0.381 e. The van der Waals surface area contributed by atoms with Gasteiger partial charge in [-0.05, 0) is 36.7 Å². The van der Waals surface area contributed by atoms with Gasteiger partial charge in [-0.3, -0.25) is 4.57 Å². The number of fused-ring (bicyclic) bond motifs is 1. The molecule has 0 aliphatic rings. The van der Waals surface area contributed by atoms with Crippen molar-refractivity contribution in [1.29, 1.82) is 0 Å². The Balaban J connectivity index is 2.65. The summed E-state index contributed by atoms with van der Waals surface area (Å²) in [5.74, 6) is 0.0917. The Morgan fingerprint density at radius 2 is 1.90 bits per heavy atom. The van der Waals surface area contributed by atoms with E-state index in [0.717, 1.165) is 0 Å². The third kappa shape index (κ3) is 2.46. The molecule has 0 saturated carbocycles. The summed E-state index contributed by atoms with van der Waals surface area (Å²) in [6.45, 7) is 5.63. The van der Waals surface area contributed by atoms with Crippen LogP contribution in [0.1, 0.15) is 19.5 Å². The number of nitrogens with two attached hydrogens (primary N) is 1. The molecular weight excluding hydrogens is 349 g/mol. The zero-order valence-corrected chi connectivity index (χ0v) is 13.8. The monoisotopic (exact) mass is 363 g/mol. The second-order valence-electron chi connectivity index (χ2n) is 3.88. The van der Waals surface area contributed by atoms with Crippen molar-refractivity contribution in [2.45, 2.75) is 20.8 Å². The van der Waals surface area contributed by atoms with Gasteiger partial charge in [0.05, 0.1) is 23.4 Å². The van der Waals surface area contributed by atoms with Crippen molar-refractivity contribution in [3.8, 4) is 0 Å². The number of aryl methyl sites for hydroxylation is 1. The number of rotatable bonds is 5. The third-order valence-electron chi connectivity index (χ3n) is 2.52. The minimum absolute atomic E-state index is 0.0244. The fraction of sp³-hybridized carbons (Fsp3) is 0.500. The smallest absolute Gasteiger partial charge is 0.381 e. The van der Waals surface area contributed by atoms with E-state index >= 15 is 0 Å². The number of aromatic nitrogens is 4. The fourth-order valence-electron chi connectivity index (χ4n) is 1.69. The maximum absolute atomic E-state index is 12.7. The quantitative estimate of drug-likeness (QED) is 0.805. The van der Waals surface area contributed by atoms with Crippen LogP contribution in [0.3, 0.4) is 0 Å². The summed E-state index contributed by atoms with van der Waals surface area (Å²) >= 11 is 3.35. The highest BCUT2D eigenvalue weighted by Gasteiger charge is 2.33. The lowest BCUT2D eigenvalue weighted by Crippen LogP contribution is -2.23. The zero-order chi connectivity index (χ0) is 14.9. The fourth-order valence-corrected chi connectivity index (χ4v) is 3.54. The standard InChI is InChI=1S/C10H15BrN5O3P/c1-4-18-20(17,19-5-2)10-8(12)16-9(13-14-10)7(11)6(3)15-16/h4-5,12H2,1-3H3. The van der Waals surface area contributed by atoms with Crippen molar-refractivity contribution >= 4 is 40.4 Å². The van der Waals surface area contributed by atoms with Crippen LogP contribution in [0, 0.1) is 6.92 Å². The molecule has 0 unspecified atom stereocenters. The van der Waals surface area contributed by atoms with E-state index in [4.69, 9.17) is 14.8 Å². The Bertz CT molecular complexity index is 679. The molecule has 2 heterocycles. The van der Waals surface area contributed by atoms with Crippen molar-refractivity contribution in [3.05, 3.63) is 10.2 Å². The first-order valence-corrected chi connectivity index (χ1v) is 8.34. The van der Waals surface area contributed by atoms with Crippen LogP contribution < -0.4 is 11.2 Å². The van der Waals surface area contributed by atoms with Gasteiger partial charge in [-0.2, -0.15) is 9.61 Å². The van der Waals surface area contributed by atoms with E-state index in [2.05, 4.69) is 31.2 Å². The van der Waals surface area contributed by atoms with Gasteiger partial charge in [-0.25, -0.2) is 0 Å². The molecule has 110 valence electrons. The van der Waals surface area contributed by atoms with Crippen molar-refractivity contribution in [1.82, 2.24) is 19.8 Å². The summed E-state index contributed by atoms with van der Waals surface area (Å²) < 4.78 is 25.2. The molecule has 0 fully saturated rings. The molecule has 2 aromatic rings. The normalized spacial score (nSPS) is 12.2. The maximum atomic E-state index is 12.7. The van der Waals surface area contributed by atoms with Crippen LogP contribution in [-0.2, 0) is 13.6 Å². The summed E-state index contributed by atoms with van der Waals surface area (Å²) in [5.41, 5.74) is 7.12. The highest BCUT2D eigenvalue weighted by molar-refractivity contribution is 9.10. The molecule has 0 aliphatic carbocycles. The van der Waals surface area contributed by atoms with Gasteiger partial charge in [0.15, 0.2) is 11.5 Å². The lowest BCUT2D eigenvalue weighted by atomic mass is 10.5. The molecule has 0 radical (unpaired) electrons. The van der Waals surface area contributed by atoms with Crippen molar-refractivity contribution in [3.63, 3.8) is 0 Å². The third-order valence-corrected chi connectivity index (χ3v) is 5.48. The number of anilines is 1. The summed E-state index contributed by atoms with van der Waals surface area (Å²) in [4.78, 5) is 0. The van der Waals surface area contributed by atoms with E-state index in [0.29, 0.717) is 15.8 Å².